The Kier molecular flexibility index (Phi) is 4.57. The first-order valence-corrected chi connectivity index (χ1v) is 10.6. The van der Waals surface area contributed by atoms with E-state index in [1.54, 1.807) is 12.0 Å². The van der Waals surface area contributed by atoms with Gasteiger partial charge in [0.2, 0.25) is 0 Å². The molecule has 5 fully saturated rings. The molecule has 9 nitrogen and oxygen atoms in total. The molecule has 4 heterocycles. The monoisotopic (exact) mass is 413 g/mol. The highest BCUT2D eigenvalue weighted by atomic mass is 16.8. The van der Waals surface area contributed by atoms with Crippen LogP contribution in [0.5, 0.6) is 0 Å². The van der Waals surface area contributed by atoms with Crippen LogP contribution in [0.3, 0.4) is 0 Å². The van der Waals surface area contributed by atoms with E-state index in [1.807, 2.05) is 27.7 Å². The van der Waals surface area contributed by atoms with Gasteiger partial charge in [0.1, 0.15) is 30.5 Å². The van der Waals surface area contributed by atoms with Gasteiger partial charge >= 0.3 is 5.97 Å². The second-order valence-electron chi connectivity index (χ2n) is 9.53. The van der Waals surface area contributed by atoms with Crippen LogP contribution in [0.15, 0.2) is 0 Å². The number of hydroxylamine groups is 2. The van der Waals surface area contributed by atoms with Crippen molar-refractivity contribution in [2.24, 2.45) is 0 Å². The van der Waals surface area contributed by atoms with Crippen molar-refractivity contribution in [2.45, 2.75) is 108 Å². The Morgan fingerprint density at radius 1 is 1.03 bits per heavy atom. The molecule has 1 aliphatic carbocycles. The summed E-state index contributed by atoms with van der Waals surface area (Å²) in [5, 5.41) is 1.66. The van der Waals surface area contributed by atoms with Crippen molar-refractivity contribution in [1.82, 2.24) is 5.06 Å². The maximum atomic E-state index is 12.7. The third-order valence-electron chi connectivity index (χ3n) is 6.25. The molecule has 164 valence electrons. The molecule has 29 heavy (non-hydrogen) atoms. The van der Waals surface area contributed by atoms with Crippen molar-refractivity contribution in [2.75, 3.05) is 13.2 Å². The highest BCUT2D eigenvalue weighted by Gasteiger charge is 2.65. The summed E-state index contributed by atoms with van der Waals surface area (Å²) in [4.78, 5) is 18.9. The predicted molar refractivity (Wildman–Crippen MR) is 97.3 cm³/mol. The fraction of sp³-hybridized carbons (Fsp3) is 0.950. The van der Waals surface area contributed by atoms with E-state index in [1.165, 1.54) is 0 Å². The van der Waals surface area contributed by atoms with Crippen molar-refractivity contribution in [3.05, 3.63) is 0 Å². The van der Waals surface area contributed by atoms with Gasteiger partial charge in [0, 0.05) is 6.42 Å². The molecule has 0 aromatic carbocycles. The van der Waals surface area contributed by atoms with Gasteiger partial charge in [0.25, 0.3) is 0 Å². The minimum absolute atomic E-state index is 0.279. The largest absolute Gasteiger partial charge is 0.465 e. The molecule has 0 amide bonds. The lowest BCUT2D eigenvalue weighted by molar-refractivity contribution is -0.294. The Bertz CT molecular complexity index is 677. The number of esters is 1. The van der Waals surface area contributed by atoms with E-state index in [9.17, 15) is 4.79 Å². The average molecular weight is 413 g/mol. The standard InChI is InChI=1S/C20H31NO8/c1-6-23-17(22)11-9-20(7-8-20)29-21(11)16-15-14(27-19(4,5)28-15)13(25-16)12-10-24-18(2,3)26-12/h11-16H,6-10H2,1-5H3/t11-,12+,13+,14-,15-,16-/m0/s1. The van der Waals surface area contributed by atoms with Crippen molar-refractivity contribution < 1.29 is 38.1 Å². The third-order valence-corrected chi connectivity index (χ3v) is 6.25. The quantitative estimate of drug-likeness (QED) is 0.636. The van der Waals surface area contributed by atoms with Crippen LogP contribution in [0.25, 0.3) is 0 Å². The average Bonchev–Trinajstić information content (AvgIpc) is 2.90. The minimum atomic E-state index is -0.763. The summed E-state index contributed by atoms with van der Waals surface area (Å²) in [5.74, 6) is -1.73. The summed E-state index contributed by atoms with van der Waals surface area (Å²) in [7, 11) is 0. The van der Waals surface area contributed by atoms with Crippen LogP contribution in [-0.2, 0) is 38.1 Å². The molecule has 0 N–H and O–H groups in total. The Balaban J connectivity index is 1.41. The molecule has 0 aromatic heterocycles. The molecule has 1 spiro atoms. The van der Waals surface area contributed by atoms with E-state index >= 15 is 0 Å². The van der Waals surface area contributed by atoms with Crippen LogP contribution < -0.4 is 0 Å². The van der Waals surface area contributed by atoms with Crippen LogP contribution in [0, 0.1) is 0 Å². The first kappa shape index (κ1) is 20.1. The van der Waals surface area contributed by atoms with E-state index in [0.29, 0.717) is 19.6 Å². The summed E-state index contributed by atoms with van der Waals surface area (Å²) in [5.41, 5.74) is -0.279. The minimum Gasteiger partial charge on any atom is -0.465 e. The number of nitrogens with zero attached hydrogens (tertiary/aromatic N) is 1. The van der Waals surface area contributed by atoms with E-state index in [0.717, 1.165) is 12.8 Å². The van der Waals surface area contributed by atoms with Gasteiger partial charge in [0.15, 0.2) is 17.8 Å². The lowest BCUT2D eigenvalue weighted by Gasteiger charge is -2.32. The molecule has 5 rings (SSSR count). The van der Waals surface area contributed by atoms with Crippen LogP contribution in [-0.4, -0.2) is 78.1 Å². The molecule has 0 radical (unpaired) electrons. The molecule has 0 bridgehead atoms. The molecule has 1 saturated carbocycles. The molecule has 6 atom stereocenters. The Labute approximate surface area is 170 Å². The van der Waals surface area contributed by atoms with E-state index in [2.05, 4.69) is 0 Å². The Hall–Kier alpha value is -0.810. The summed E-state index contributed by atoms with van der Waals surface area (Å²) in [6.07, 6.45) is 0.435. The zero-order chi connectivity index (χ0) is 20.6. The van der Waals surface area contributed by atoms with Crippen molar-refractivity contribution in [3.8, 4) is 0 Å². The van der Waals surface area contributed by atoms with Gasteiger partial charge in [0.05, 0.1) is 18.8 Å². The molecule has 9 heteroatoms. The van der Waals surface area contributed by atoms with E-state index in [-0.39, 0.29) is 23.8 Å². The fourth-order valence-electron chi connectivity index (χ4n) is 4.85. The number of hydrogen-bond acceptors (Lipinski definition) is 9. The lowest BCUT2D eigenvalue weighted by atomic mass is 10.1. The number of fused-ring (bicyclic) bond motifs is 1. The van der Waals surface area contributed by atoms with Gasteiger partial charge in [-0.25, -0.2) is 0 Å². The SMILES string of the molecule is CCOC(=O)[C@@H]1CC2(CC2)ON1[C@H]1O[C@H]([C@H]2COC(C)(C)O2)[C@@H]2OC(C)(C)O[C@@H]21. The van der Waals surface area contributed by atoms with Gasteiger partial charge in [-0.3, -0.25) is 9.63 Å². The highest BCUT2D eigenvalue weighted by Crippen LogP contribution is 2.53. The fourth-order valence-corrected chi connectivity index (χ4v) is 4.85. The number of ether oxygens (including phenoxy) is 6. The molecular weight excluding hydrogens is 382 g/mol. The number of carbonyl (C=O) groups excluding carboxylic acids is 1. The van der Waals surface area contributed by atoms with Gasteiger partial charge < -0.3 is 28.4 Å². The van der Waals surface area contributed by atoms with Crippen molar-refractivity contribution >= 4 is 5.97 Å². The summed E-state index contributed by atoms with van der Waals surface area (Å²) >= 11 is 0. The zero-order valence-corrected chi connectivity index (χ0v) is 17.7. The normalized spacial score (nSPS) is 44.3. The van der Waals surface area contributed by atoms with Crippen molar-refractivity contribution in [3.63, 3.8) is 0 Å². The zero-order valence-electron chi connectivity index (χ0n) is 17.7. The number of rotatable bonds is 4. The molecule has 0 aromatic rings. The molecule has 4 saturated heterocycles. The number of carbonyl (C=O) groups is 1. The van der Waals surface area contributed by atoms with Gasteiger partial charge in [-0.05, 0) is 47.5 Å². The molecule has 0 unspecified atom stereocenters. The van der Waals surface area contributed by atoms with E-state index < -0.39 is 36.1 Å². The Morgan fingerprint density at radius 3 is 2.38 bits per heavy atom. The first-order valence-electron chi connectivity index (χ1n) is 10.6. The molecular formula is C20H31NO8. The smallest absolute Gasteiger partial charge is 0.325 e. The summed E-state index contributed by atoms with van der Waals surface area (Å²) in [6.45, 7) is 10.1. The van der Waals surface area contributed by atoms with Gasteiger partial charge in [-0.2, -0.15) is 0 Å². The Morgan fingerprint density at radius 2 is 1.76 bits per heavy atom. The second-order valence-corrected chi connectivity index (χ2v) is 9.53. The van der Waals surface area contributed by atoms with Crippen LogP contribution in [0.4, 0.5) is 0 Å². The van der Waals surface area contributed by atoms with Gasteiger partial charge in [-0.15, -0.1) is 5.06 Å². The first-order chi connectivity index (χ1) is 13.6. The lowest BCUT2D eigenvalue weighted by Crippen LogP contribution is -2.49. The summed E-state index contributed by atoms with van der Waals surface area (Å²) in [6, 6.07) is -0.522. The third kappa shape index (κ3) is 3.50. The topological polar surface area (TPSA) is 84.9 Å². The number of hydrogen-bond donors (Lipinski definition) is 0. The molecule has 5 aliphatic rings. The maximum absolute atomic E-state index is 12.7. The molecule has 4 aliphatic heterocycles. The van der Waals surface area contributed by atoms with Crippen molar-refractivity contribution in [1.29, 1.82) is 0 Å². The highest BCUT2D eigenvalue weighted by molar-refractivity contribution is 5.76. The maximum Gasteiger partial charge on any atom is 0.325 e. The van der Waals surface area contributed by atoms with Crippen LogP contribution in [0.2, 0.25) is 0 Å². The van der Waals surface area contributed by atoms with Gasteiger partial charge in [-0.1, -0.05) is 0 Å². The predicted octanol–water partition coefficient (Wildman–Crippen LogP) is 1.48. The van der Waals surface area contributed by atoms with Crippen LogP contribution >= 0.6 is 0 Å². The summed E-state index contributed by atoms with van der Waals surface area (Å²) < 4.78 is 35.9. The van der Waals surface area contributed by atoms with E-state index in [4.69, 9.17) is 33.3 Å². The van der Waals surface area contributed by atoms with Crippen LogP contribution in [0.1, 0.15) is 53.9 Å². The second kappa shape index (κ2) is 6.59.